The van der Waals surface area contributed by atoms with Gasteiger partial charge in [-0.15, -0.1) is 0 Å². The molecule has 0 bridgehead atoms. The van der Waals surface area contributed by atoms with Crippen LogP contribution in [0.25, 0.3) is 0 Å². The molecule has 0 radical (unpaired) electrons. The van der Waals surface area contributed by atoms with E-state index in [1.807, 2.05) is 0 Å². The van der Waals surface area contributed by atoms with Crippen LogP contribution in [-0.4, -0.2) is 15.3 Å². The summed E-state index contributed by atoms with van der Waals surface area (Å²) in [4.78, 5) is 0. The van der Waals surface area contributed by atoms with Crippen LogP contribution in [0.2, 0.25) is 0 Å². The smallest absolute Gasteiger partial charge is 0.200 e. The lowest BCUT2D eigenvalue weighted by Gasteiger charge is -2.13. The van der Waals surface area contributed by atoms with Crippen LogP contribution < -0.4 is 0 Å². The maximum atomic E-state index is 9.55. The molecule has 0 spiro atoms. The molecule has 1 atom stereocenters. The van der Waals surface area contributed by atoms with Crippen LogP contribution in [0.5, 0.6) is 17.2 Å². The van der Waals surface area contributed by atoms with E-state index in [2.05, 4.69) is 13.8 Å². The average molecular weight is 308 g/mol. The van der Waals surface area contributed by atoms with Crippen molar-refractivity contribution in [2.75, 3.05) is 0 Å². The summed E-state index contributed by atoms with van der Waals surface area (Å²) in [6.07, 6.45) is 12.9. The second-order valence-corrected chi connectivity index (χ2v) is 6.43. The van der Waals surface area contributed by atoms with Crippen molar-refractivity contribution in [3.8, 4) is 17.2 Å². The van der Waals surface area contributed by atoms with Crippen LogP contribution in [-0.2, 0) is 0 Å². The van der Waals surface area contributed by atoms with Crippen LogP contribution in [0, 0.1) is 0 Å². The van der Waals surface area contributed by atoms with Gasteiger partial charge in [0.1, 0.15) is 0 Å². The van der Waals surface area contributed by atoms with Gasteiger partial charge in [-0.05, 0) is 30.0 Å². The summed E-state index contributed by atoms with van der Waals surface area (Å²) in [6.45, 7) is 4.34. The Morgan fingerprint density at radius 3 is 1.73 bits per heavy atom. The monoisotopic (exact) mass is 308 g/mol. The third kappa shape index (κ3) is 6.59. The summed E-state index contributed by atoms with van der Waals surface area (Å²) in [7, 11) is 0. The highest BCUT2D eigenvalue weighted by Gasteiger charge is 2.12. The van der Waals surface area contributed by atoms with Crippen LogP contribution in [0.3, 0.4) is 0 Å². The van der Waals surface area contributed by atoms with Crippen molar-refractivity contribution in [1.82, 2.24) is 0 Å². The molecule has 1 unspecified atom stereocenters. The summed E-state index contributed by atoms with van der Waals surface area (Å²) >= 11 is 0. The first kappa shape index (κ1) is 18.7. The minimum atomic E-state index is -0.431. The summed E-state index contributed by atoms with van der Waals surface area (Å²) in [6, 6.07) is 3.10. The topological polar surface area (TPSA) is 60.7 Å². The Kier molecular flexibility index (Phi) is 8.79. The van der Waals surface area contributed by atoms with Crippen molar-refractivity contribution in [2.24, 2.45) is 0 Å². The Morgan fingerprint density at radius 1 is 0.773 bits per heavy atom. The zero-order valence-corrected chi connectivity index (χ0v) is 14.1. The fourth-order valence-electron chi connectivity index (χ4n) is 2.84. The molecule has 3 nitrogen and oxygen atoms in total. The highest BCUT2D eigenvalue weighted by Crippen LogP contribution is 2.38. The maximum absolute atomic E-state index is 9.55. The second kappa shape index (κ2) is 10.4. The number of hydrogen-bond donors (Lipinski definition) is 3. The molecular formula is C19H32O3. The quantitative estimate of drug-likeness (QED) is 0.356. The maximum Gasteiger partial charge on any atom is 0.200 e. The predicted molar refractivity (Wildman–Crippen MR) is 91.7 cm³/mol. The summed E-state index contributed by atoms with van der Waals surface area (Å²) in [5, 5.41) is 28.5. The minimum absolute atomic E-state index is 0.242. The molecular weight excluding hydrogens is 276 g/mol. The molecule has 126 valence electrons. The standard InChI is InChI=1S/C19H32O3/c1-3-4-5-6-7-8-9-10-11-12-15(2)16-13-17(20)19(22)18(21)14-16/h13-15,20-22H,3-12H2,1-2H3. The Hall–Kier alpha value is -1.38. The van der Waals surface area contributed by atoms with E-state index >= 15 is 0 Å². The van der Waals surface area contributed by atoms with Crippen molar-refractivity contribution in [3.05, 3.63) is 17.7 Å². The van der Waals surface area contributed by atoms with Gasteiger partial charge in [0.2, 0.25) is 0 Å². The number of aromatic hydroxyl groups is 3. The second-order valence-electron chi connectivity index (χ2n) is 6.43. The SMILES string of the molecule is CCCCCCCCCCCC(C)c1cc(O)c(O)c(O)c1. The first-order chi connectivity index (χ1) is 10.6. The number of phenols is 3. The van der Waals surface area contributed by atoms with Gasteiger partial charge < -0.3 is 15.3 Å². The minimum Gasteiger partial charge on any atom is -0.504 e. The Morgan fingerprint density at radius 2 is 1.23 bits per heavy atom. The average Bonchev–Trinajstić information content (AvgIpc) is 2.50. The van der Waals surface area contributed by atoms with Gasteiger partial charge in [-0.2, -0.15) is 0 Å². The molecule has 0 fully saturated rings. The number of benzene rings is 1. The number of unbranched alkanes of at least 4 members (excludes halogenated alkanes) is 8. The molecule has 0 saturated carbocycles. The van der Waals surface area contributed by atoms with Gasteiger partial charge >= 0.3 is 0 Å². The molecule has 3 N–H and O–H groups in total. The molecule has 0 aliphatic rings. The number of hydrogen-bond acceptors (Lipinski definition) is 3. The van der Waals surface area contributed by atoms with E-state index in [1.165, 1.54) is 57.8 Å². The van der Waals surface area contributed by atoms with Gasteiger partial charge in [0.25, 0.3) is 0 Å². The number of rotatable bonds is 11. The molecule has 0 saturated heterocycles. The molecule has 3 heteroatoms. The molecule has 0 aliphatic carbocycles. The zero-order valence-electron chi connectivity index (χ0n) is 14.1. The van der Waals surface area contributed by atoms with E-state index in [9.17, 15) is 15.3 Å². The van der Waals surface area contributed by atoms with E-state index in [-0.39, 0.29) is 17.4 Å². The largest absolute Gasteiger partial charge is 0.504 e. The summed E-state index contributed by atoms with van der Waals surface area (Å²) in [5.74, 6) is -0.635. The van der Waals surface area contributed by atoms with Gasteiger partial charge in [-0.25, -0.2) is 0 Å². The summed E-state index contributed by atoms with van der Waals surface area (Å²) in [5.41, 5.74) is 0.882. The van der Waals surface area contributed by atoms with Crippen molar-refractivity contribution in [2.45, 2.75) is 84.0 Å². The molecule has 0 heterocycles. The first-order valence-electron chi connectivity index (χ1n) is 8.81. The third-order valence-electron chi connectivity index (χ3n) is 4.40. The number of phenolic OH excluding ortho intramolecular Hbond substituents is 3. The first-order valence-corrected chi connectivity index (χ1v) is 8.81. The van der Waals surface area contributed by atoms with E-state index in [1.54, 1.807) is 12.1 Å². The molecule has 0 aliphatic heterocycles. The van der Waals surface area contributed by atoms with Gasteiger partial charge in [-0.1, -0.05) is 71.6 Å². The van der Waals surface area contributed by atoms with Gasteiger partial charge in [0.15, 0.2) is 17.2 Å². The Bertz CT molecular complexity index is 406. The van der Waals surface area contributed by atoms with E-state index < -0.39 is 5.75 Å². The lowest BCUT2D eigenvalue weighted by atomic mass is 9.94. The van der Waals surface area contributed by atoms with Gasteiger partial charge in [0, 0.05) is 0 Å². The molecule has 0 amide bonds. The van der Waals surface area contributed by atoms with Crippen LogP contribution in [0.15, 0.2) is 12.1 Å². The highest BCUT2D eigenvalue weighted by atomic mass is 16.3. The molecule has 1 rings (SSSR count). The van der Waals surface area contributed by atoms with E-state index in [4.69, 9.17) is 0 Å². The molecule has 22 heavy (non-hydrogen) atoms. The molecule has 1 aromatic rings. The normalized spacial score (nSPS) is 12.5. The zero-order chi connectivity index (χ0) is 16.4. The van der Waals surface area contributed by atoms with Crippen molar-refractivity contribution >= 4 is 0 Å². The fourth-order valence-corrected chi connectivity index (χ4v) is 2.84. The van der Waals surface area contributed by atoms with Crippen molar-refractivity contribution in [1.29, 1.82) is 0 Å². The van der Waals surface area contributed by atoms with Crippen molar-refractivity contribution < 1.29 is 15.3 Å². The van der Waals surface area contributed by atoms with Crippen LogP contribution >= 0.6 is 0 Å². The Balaban J connectivity index is 2.17. The lowest BCUT2D eigenvalue weighted by molar-refractivity contribution is 0.366. The molecule has 1 aromatic carbocycles. The third-order valence-corrected chi connectivity index (χ3v) is 4.40. The van der Waals surface area contributed by atoms with Gasteiger partial charge in [-0.3, -0.25) is 0 Å². The molecule has 0 aromatic heterocycles. The van der Waals surface area contributed by atoms with E-state index in [0.717, 1.165) is 12.0 Å². The fraction of sp³-hybridized carbons (Fsp3) is 0.684. The Labute approximate surface area is 135 Å². The lowest BCUT2D eigenvalue weighted by Crippen LogP contribution is -1.94. The van der Waals surface area contributed by atoms with Crippen molar-refractivity contribution in [3.63, 3.8) is 0 Å². The van der Waals surface area contributed by atoms with Crippen LogP contribution in [0.4, 0.5) is 0 Å². The highest BCUT2D eigenvalue weighted by molar-refractivity contribution is 5.51. The van der Waals surface area contributed by atoms with Gasteiger partial charge in [0.05, 0.1) is 0 Å². The summed E-state index contributed by atoms with van der Waals surface area (Å²) < 4.78 is 0. The van der Waals surface area contributed by atoms with E-state index in [0.29, 0.717) is 0 Å². The van der Waals surface area contributed by atoms with Crippen LogP contribution in [0.1, 0.15) is 89.5 Å². The predicted octanol–water partition coefficient (Wildman–Crippen LogP) is 5.83.